The molecule has 7 nitrogen and oxygen atoms in total. The fraction of sp³-hybridized carbons (Fsp3) is 0.250. The fourth-order valence-corrected chi connectivity index (χ4v) is 3.18. The number of rotatable bonds is 6. The first-order valence-electron chi connectivity index (χ1n) is 8.68. The van der Waals surface area contributed by atoms with Crippen LogP contribution in [0.1, 0.15) is 18.4 Å². The van der Waals surface area contributed by atoms with Gasteiger partial charge in [0.25, 0.3) is 0 Å². The van der Waals surface area contributed by atoms with Gasteiger partial charge in [-0.25, -0.2) is 0 Å². The van der Waals surface area contributed by atoms with Crippen LogP contribution in [0.3, 0.4) is 0 Å². The summed E-state index contributed by atoms with van der Waals surface area (Å²) in [6.07, 6.45) is 1.65. The summed E-state index contributed by atoms with van der Waals surface area (Å²) in [5.41, 5.74) is 1.28. The molecule has 0 spiro atoms. The minimum absolute atomic E-state index is 0.0825. The first-order chi connectivity index (χ1) is 13.2. The summed E-state index contributed by atoms with van der Waals surface area (Å²) in [6.45, 7) is 0. The van der Waals surface area contributed by atoms with E-state index in [2.05, 4.69) is 20.5 Å². The van der Waals surface area contributed by atoms with Crippen molar-refractivity contribution in [3.63, 3.8) is 0 Å². The lowest BCUT2D eigenvalue weighted by Crippen LogP contribution is -2.28. The third-order valence-corrected chi connectivity index (χ3v) is 4.89. The molecule has 0 aliphatic heterocycles. The molecule has 1 amide bonds. The van der Waals surface area contributed by atoms with Gasteiger partial charge in [-0.3, -0.25) is 15.2 Å². The second kappa shape index (κ2) is 6.75. The summed E-state index contributed by atoms with van der Waals surface area (Å²) < 4.78 is 10.6. The van der Waals surface area contributed by atoms with Crippen LogP contribution >= 0.6 is 0 Å². The molecule has 0 radical (unpaired) electrons. The number of carbonyl (C=O) groups is 1. The van der Waals surface area contributed by atoms with Crippen molar-refractivity contribution in [3.05, 3.63) is 54.1 Å². The number of carbonyl (C=O) groups excluding carboxylic acids is 1. The molecule has 0 saturated heterocycles. The zero-order chi connectivity index (χ0) is 18.9. The molecule has 1 aliphatic rings. The van der Waals surface area contributed by atoms with Gasteiger partial charge in [-0.05, 0) is 30.5 Å². The number of hydrogen-bond donors (Lipinski definition) is 2. The topological polar surface area (TPSA) is 89.1 Å². The predicted molar refractivity (Wildman–Crippen MR) is 101 cm³/mol. The van der Waals surface area contributed by atoms with Gasteiger partial charge in [-0.15, -0.1) is 5.10 Å². The number of aromatic nitrogens is 3. The molecule has 1 heterocycles. The van der Waals surface area contributed by atoms with Crippen LogP contribution in [0.4, 0.5) is 5.95 Å². The highest BCUT2D eigenvalue weighted by Gasteiger charge is 2.51. The highest BCUT2D eigenvalue weighted by molar-refractivity contribution is 6.00. The zero-order valence-corrected chi connectivity index (χ0v) is 15.2. The monoisotopic (exact) mass is 364 g/mol. The van der Waals surface area contributed by atoms with Gasteiger partial charge in [0.2, 0.25) is 11.9 Å². The largest absolute Gasteiger partial charge is 0.497 e. The van der Waals surface area contributed by atoms with Crippen molar-refractivity contribution in [2.24, 2.45) is 0 Å². The number of aromatic amines is 1. The van der Waals surface area contributed by atoms with Crippen LogP contribution in [0.5, 0.6) is 11.5 Å². The van der Waals surface area contributed by atoms with Gasteiger partial charge >= 0.3 is 0 Å². The van der Waals surface area contributed by atoms with Crippen LogP contribution in [0.25, 0.3) is 11.4 Å². The van der Waals surface area contributed by atoms with Crippen molar-refractivity contribution in [2.45, 2.75) is 18.3 Å². The van der Waals surface area contributed by atoms with E-state index in [1.54, 1.807) is 20.3 Å². The second-order valence-corrected chi connectivity index (χ2v) is 6.48. The molecular formula is C20H20N4O3. The lowest BCUT2D eigenvalue weighted by Gasteiger charge is -2.13. The van der Waals surface area contributed by atoms with Crippen molar-refractivity contribution >= 4 is 11.9 Å². The predicted octanol–water partition coefficient (Wildman–Crippen LogP) is 3.16. The number of amides is 1. The van der Waals surface area contributed by atoms with Gasteiger partial charge in [-0.2, -0.15) is 4.98 Å². The van der Waals surface area contributed by atoms with Crippen LogP contribution in [-0.4, -0.2) is 35.3 Å². The SMILES string of the molecule is COc1ccc(-c2nc(NC(=O)C3(c4ccccc4)CC3)n[nH]2)c(OC)c1. The number of benzene rings is 2. The van der Waals surface area contributed by atoms with E-state index >= 15 is 0 Å². The van der Waals surface area contributed by atoms with Gasteiger partial charge in [0.15, 0.2) is 5.82 Å². The van der Waals surface area contributed by atoms with E-state index in [0.29, 0.717) is 17.3 Å². The Labute approximate surface area is 156 Å². The van der Waals surface area contributed by atoms with Crippen molar-refractivity contribution in [2.75, 3.05) is 19.5 Å². The quantitative estimate of drug-likeness (QED) is 0.701. The summed E-state index contributed by atoms with van der Waals surface area (Å²) >= 11 is 0. The molecule has 1 aliphatic carbocycles. The fourth-order valence-electron chi connectivity index (χ4n) is 3.18. The Balaban J connectivity index is 1.55. The Bertz CT molecular complexity index is 964. The van der Waals surface area contributed by atoms with Crippen LogP contribution in [0, 0.1) is 0 Å². The van der Waals surface area contributed by atoms with Crippen LogP contribution in [0.2, 0.25) is 0 Å². The molecule has 2 N–H and O–H groups in total. The molecule has 2 aromatic carbocycles. The van der Waals surface area contributed by atoms with Gasteiger partial charge in [0.05, 0.1) is 25.2 Å². The van der Waals surface area contributed by atoms with Crippen LogP contribution in [0.15, 0.2) is 48.5 Å². The van der Waals surface area contributed by atoms with Crippen molar-refractivity contribution in [1.82, 2.24) is 15.2 Å². The van der Waals surface area contributed by atoms with Crippen molar-refractivity contribution in [1.29, 1.82) is 0 Å². The molecule has 1 aromatic heterocycles. The average molecular weight is 364 g/mol. The van der Waals surface area contributed by atoms with E-state index in [1.165, 1.54) is 0 Å². The first kappa shape index (κ1) is 17.1. The van der Waals surface area contributed by atoms with E-state index in [4.69, 9.17) is 9.47 Å². The summed E-state index contributed by atoms with van der Waals surface area (Å²) in [7, 11) is 3.17. The highest BCUT2D eigenvalue weighted by atomic mass is 16.5. The summed E-state index contributed by atoms with van der Waals surface area (Å²) in [4.78, 5) is 17.2. The minimum Gasteiger partial charge on any atom is -0.497 e. The Hall–Kier alpha value is -3.35. The smallest absolute Gasteiger partial charge is 0.249 e. The standard InChI is InChI=1S/C20H20N4O3/c1-26-14-8-9-15(16(12-14)27-2)17-21-19(24-23-17)22-18(25)20(10-11-20)13-6-4-3-5-7-13/h3-9,12H,10-11H2,1-2H3,(H2,21,22,23,24,25). The van der Waals surface area contributed by atoms with Gasteiger partial charge < -0.3 is 9.47 Å². The van der Waals surface area contributed by atoms with Crippen LogP contribution in [-0.2, 0) is 10.2 Å². The highest BCUT2D eigenvalue weighted by Crippen LogP contribution is 2.48. The second-order valence-electron chi connectivity index (χ2n) is 6.48. The van der Waals surface area contributed by atoms with E-state index in [9.17, 15) is 4.79 Å². The molecule has 3 aromatic rings. The molecule has 0 unspecified atom stereocenters. The Kier molecular flexibility index (Phi) is 4.27. The number of anilines is 1. The van der Waals surface area contributed by atoms with Gasteiger partial charge in [-0.1, -0.05) is 30.3 Å². The molecule has 138 valence electrons. The molecule has 1 fully saturated rings. The summed E-state index contributed by atoms with van der Waals surface area (Å²) in [5, 5.41) is 9.82. The maximum atomic E-state index is 12.8. The Morgan fingerprint density at radius 1 is 1.11 bits per heavy atom. The minimum atomic E-state index is -0.472. The van der Waals surface area contributed by atoms with Crippen molar-refractivity contribution < 1.29 is 14.3 Å². The Morgan fingerprint density at radius 3 is 2.56 bits per heavy atom. The number of nitrogens with one attached hydrogen (secondary N) is 2. The molecular weight excluding hydrogens is 344 g/mol. The third-order valence-electron chi connectivity index (χ3n) is 4.89. The van der Waals surface area contributed by atoms with E-state index in [0.717, 1.165) is 24.0 Å². The summed E-state index contributed by atoms with van der Waals surface area (Å²) in [5.74, 6) is 1.96. The summed E-state index contributed by atoms with van der Waals surface area (Å²) in [6, 6.07) is 15.2. The number of nitrogens with zero attached hydrogens (tertiary/aromatic N) is 2. The van der Waals surface area contributed by atoms with Gasteiger partial charge in [0, 0.05) is 6.07 Å². The number of ether oxygens (including phenoxy) is 2. The van der Waals surface area contributed by atoms with E-state index in [-0.39, 0.29) is 11.9 Å². The molecule has 4 rings (SSSR count). The maximum Gasteiger partial charge on any atom is 0.249 e. The molecule has 7 heteroatoms. The van der Waals surface area contributed by atoms with Crippen LogP contribution < -0.4 is 14.8 Å². The average Bonchev–Trinajstić information content (AvgIpc) is 3.42. The first-order valence-corrected chi connectivity index (χ1v) is 8.68. The number of hydrogen-bond acceptors (Lipinski definition) is 5. The normalized spacial score (nSPS) is 14.4. The van der Waals surface area contributed by atoms with E-state index < -0.39 is 5.41 Å². The number of H-pyrrole nitrogens is 1. The van der Waals surface area contributed by atoms with E-state index in [1.807, 2.05) is 42.5 Å². The molecule has 1 saturated carbocycles. The number of methoxy groups -OCH3 is 2. The van der Waals surface area contributed by atoms with Crippen molar-refractivity contribution in [3.8, 4) is 22.9 Å². The lowest BCUT2D eigenvalue weighted by atomic mass is 9.95. The van der Waals surface area contributed by atoms with Gasteiger partial charge in [0.1, 0.15) is 11.5 Å². The maximum absolute atomic E-state index is 12.8. The third kappa shape index (κ3) is 3.12. The molecule has 27 heavy (non-hydrogen) atoms. The Morgan fingerprint density at radius 2 is 1.89 bits per heavy atom. The molecule has 0 bridgehead atoms. The lowest BCUT2D eigenvalue weighted by molar-refractivity contribution is -0.118. The molecule has 0 atom stereocenters. The zero-order valence-electron chi connectivity index (χ0n) is 15.2.